The van der Waals surface area contributed by atoms with Crippen LogP contribution in [0.25, 0.3) is 0 Å². The van der Waals surface area contributed by atoms with Gasteiger partial charge in [0.1, 0.15) is 5.75 Å². The number of rotatable bonds is 3. The fourth-order valence-electron chi connectivity index (χ4n) is 1.53. The fourth-order valence-corrected chi connectivity index (χ4v) is 2.06. The van der Waals surface area contributed by atoms with E-state index in [-0.39, 0.29) is 0 Å². The minimum absolute atomic E-state index is 0.488. The van der Waals surface area contributed by atoms with Crippen LogP contribution >= 0.6 is 15.9 Å². The predicted molar refractivity (Wildman–Crippen MR) is 59.5 cm³/mol. The predicted octanol–water partition coefficient (Wildman–Crippen LogP) is 3.41. The van der Waals surface area contributed by atoms with Crippen molar-refractivity contribution in [1.29, 1.82) is 0 Å². The molecule has 0 radical (unpaired) electrons. The van der Waals surface area contributed by atoms with Gasteiger partial charge in [0, 0.05) is 5.33 Å². The van der Waals surface area contributed by atoms with E-state index in [4.69, 9.17) is 0 Å². The highest BCUT2D eigenvalue weighted by atomic mass is 79.9. The number of hydrogen-bond donors (Lipinski definition) is 1. The summed E-state index contributed by atoms with van der Waals surface area (Å²) in [6, 6.07) is 4.09. The highest BCUT2D eigenvalue weighted by Gasteiger charge is 2.08. The molecule has 1 nitrogen and oxygen atoms in total. The molecule has 2 heteroatoms. The Hall–Kier alpha value is -0.500. The van der Waals surface area contributed by atoms with E-state index in [1.165, 1.54) is 5.56 Å². The van der Waals surface area contributed by atoms with Crippen molar-refractivity contribution in [3.63, 3.8) is 0 Å². The molecule has 13 heavy (non-hydrogen) atoms. The first-order valence-corrected chi connectivity index (χ1v) is 5.75. The molecule has 0 bridgehead atoms. The van der Waals surface area contributed by atoms with Gasteiger partial charge in [-0.05, 0) is 29.5 Å². The lowest BCUT2D eigenvalue weighted by Crippen LogP contribution is -1.94. The molecule has 0 saturated heterocycles. The first-order valence-electron chi connectivity index (χ1n) is 4.63. The summed E-state index contributed by atoms with van der Waals surface area (Å²) in [5.41, 5.74) is 3.31. The summed E-state index contributed by atoms with van der Waals surface area (Å²) in [5.74, 6) is 0.488. The first-order chi connectivity index (χ1) is 6.24. The average molecular weight is 243 g/mol. The molecule has 0 heterocycles. The Bertz CT molecular complexity index is 294. The van der Waals surface area contributed by atoms with Crippen LogP contribution < -0.4 is 0 Å². The van der Waals surface area contributed by atoms with Gasteiger partial charge in [0.25, 0.3) is 0 Å². The maximum Gasteiger partial charge on any atom is 0.122 e. The summed E-state index contributed by atoms with van der Waals surface area (Å²) in [6.07, 6.45) is 1.78. The van der Waals surface area contributed by atoms with Crippen LogP contribution in [0.3, 0.4) is 0 Å². The molecular weight excluding hydrogens is 228 g/mol. The topological polar surface area (TPSA) is 20.2 Å². The van der Waals surface area contributed by atoms with Crippen molar-refractivity contribution in [3.05, 3.63) is 28.8 Å². The zero-order valence-corrected chi connectivity index (χ0v) is 9.69. The Morgan fingerprint density at radius 3 is 2.23 bits per heavy atom. The Morgan fingerprint density at radius 2 is 1.77 bits per heavy atom. The molecule has 1 aromatic rings. The van der Waals surface area contributed by atoms with Gasteiger partial charge in [-0.1, -0.05) is 41.9 Å². The van der Waals surface area contributed by atoms with Crippen LogP contribution in [-0.4, -0.2) is 5.11 Å². The van der Waals surface area contributed by atoms with Gasteiger partial charge < -0.3 is 5.11 Å². The van der Waals surface area contributed by atoms with Gasteiger partial charge in [-0.15, -0.1) is 0 Å². The monoisotopic (exact) mass is 242 g/mol. The van der Waals surface area contributed by atoms with Crippen LogP contribution in [-0.2, 0) is 18.2 Å². The van der Waals surface area contributed by atoms with Gasteiger partial charge in [0.05, 0.1) is 0 Å². The summed E-state index contributed by atoms with van der Waals surface area (Å²) in [4.78, 5) is 0. The summed E-state index contributed by atoms with van der Waals surface area (Å²) in [6.45, 7) is 4.13. The van der Waals surface area contributed by atoms with E-state index in [9.17, 15) is 5.11 Å². The van der Waals surface area contributed by atoms with Crippen molar-refractivity contribution in [1.82, 2.24) is 0 Å². The number of benzene rings is 1. The fraction of sp³-hybridized carbons (Fsp3) is 0.455. The Labute approximate surface area is 87.9 Å². The van der Waals surface area contributed by atoms with Gasteiger partial charge >= 0.3 is 0 Å². The quantitative estimate of drug-likeness (QED) is 0.806. The highest BCUT2D eigenvalue weighted by Crippen LogP contribution is 2.28. The highest BCUT2D eigenvalue weighted by molar-refractivity contribution is 9.08. The zero-order valence-electron chi connectivity index (χ0n) is 8.10. The van der Waals surface area contributed by atoms with Gasteiger partial charge in [0.15, 0.2) is 0 Å². The maximum absolute atomic E-state index is 9.88. The van der Waals surface area contributed by atoms with Crippen LogP contribution in [0, 0.1) is 0 Å². The molecule has 0 spiro atoms. The van der Waals surface area contributed by atoms with Gasteiger partial charge in [-0.25, -0.2) is 0 Å². The molecule has 1 rings (SSSR count). The van der Waals surface area contributed by atoms with Gasteiger partial charge in [-0.3, -0.25) is 0 Å². The molecular formula is C11H15BrO. The number of aryl methyl sites for hydroxylation is 1. The summed E-state index contributed by atoms with van der Waals surface area (Å²) >= 11 is 3.42. The minimum atomic E-state index is 0.488. The molecule has 0 aliphatic rings. The normalized spacial score (nSPS) is 10.4. The zero-order chi connectivity index (χ0) is 9.84. The average Bonchev–Trinajstić information content (AvgIpc) is 2.17. The van der Waals surface area contributed by atoms with Crippen molar-refractivity contribution in [2.75, 3.05) is 0 Å². The van der Waals surface area contributed by atoms with Crippen molar-refractivity contribution in [2.24, 2.45) is 0 Å². The Kier molecular flexibility index (Phi) is 3.79. The van der Waals surface area contributed by atoms with Crippen LogP contribution in [0.5, 0.6) is 5.75 Å². The molecule has 0 unspecified atom stereocenters. The second kappa shape index (κ2) is 4.66. The minimum Gasteiger partial charge on any atom is -0.507 e. The van der Waals surface area contributed by atoms with E-state index >= 15 is 0 Å². The van der Waals surface area contributed by atoms with E-state index in [1.54, 1.807) is 0 Å². The number of phenols is 1. The summed E-state index contributed by atoms with van der Waals surface area (Å²) in [5, 5.41) is 10.7. The largest absolute Gasteiger partial charge is 0.507 e. The standard InChI is InChI=1S/C11H15BrO/c1-3-8-5-6-9(7-12)10(4-2)11(8)13/h5-6,13H,3-4,7H2,1-2H3. The smallest absolute Gasteiger partial charge is 0.122 e. The second-order valence-corrected chi connectivity index (χ2v) is 3.61. The number of aromatic hydroxyl groups is 1. The molecule has 0 aromatic heterocycles. The lowest BCUT2D eigenvalue weighted by atomic mass is 10.00. The van der Waals surface area contributed by atoms with Crippen LogP contribution in [0.1, 0.15) is 30.5 Å². The summed E-state index contributed by atoms with van der Waals surface area (Å²) in [7, 11) is 0. The van der Waals surface area contributed by atoms with Gasteiger partial charge in [-0.2, -0.15) is 0 Å². The van der Waals surface area contributed by atoms with E-state index in [0.29, 0.717) is 5.75 Å². The molecule has 0 aliphatic heterocycles. The van der Waals surface area contributed by atoms with Crippen LogP contribution in [0.4, 0.5) is 0 Å². The van der Waals surface area contributed by atoms with E-state index in [0.717, 1.165) is 29.3 Å². The molecule has 0 fully saturated rings. The molecule has 0 amide bonds. The number of phenolic OH excluding ortho intramolecular Hbond substituents is 1. The second-order valence-electron chi connectivity index (χ2n) is 3.05. The third-order valence-corrected chi connectivity index (χ3v) is 2.95. The Morgan fingerprint density at radius 1 is 1.15 bits per heavy atom. The first kappa shape index (κ1) is 10.6. The lowest BCUT2D eigenvalue weighted by molar-refractivity contribution is 0.461. The van der Waals surface area contributed by atoms with E-state index in [2.05, 4.69) is 35.8 Å². The molecule has 0 saturated carbocycles. The van der Waals surface area contributed by atoms with Crippen molar-refractivity contribution >= 4 is 15.9 Å². The van der Waals surface area contributed by atoms with Gasteiger partial charge in [0.2, 0.25) is 0 Å². The summed E-state index contributed by atoms with van der Waals surface area (Å²) < 4.78 is 0. The lowest BCUT2D eigenvalue weighted by Gasteiger charge is -2.10. The Balaban J connectivity index is 3.23. The number of halogens is 1. The SMILES string of the molecule is CCc1ccc(CBr)c(CC)c1O. The van der Waals surface area contributed by atoms with Crippen molar-refractivity contribution in [2.45, 2.75) is 32.0 Å². The third-order valence-electron chi connectivity index (χ3n) is 2.34. The van der Waals surface area contributed by atoms with E-state index < -0.39 is 0 Å². The third kappa shape index (κ3) is 2.05. The van der Waals surface area contributed by atoms with Crippen LogP contribution in [0.15, 0.2) is 12.1 Å². The van der Waals surface area contributed by atoms with Crippen molar-refractivity contribution in [3.8, 4) is 5.75 Å². The van der Waals surface area contributed by atoms with Crippen molar-refractivity contribution < 1.29 is 5.11 Å². The maximum atomic E-state index is 9.88. The molecule has 0 aliphatic carbocycles. The molecule has 0 atom stereocenters. The number of hydrogen-bond acceptors (Lipinski definition) is 1. The molecule has 72 valence electrons. The molecule has 1 N–H and O–H groups in total. The van der Waals surface area contributed by atoms with Crippen LogP contribution in [0.2, 0.25) is 0 Å². The van der Waals surface area contributed by atoms with E-state index in [1.807, 2.05) is 6.07 Å². The molecule has 1 aromatic carbocycles. The number of alkyl halides is 1.